The third-order valence-corrected chi connectivity index (χ3v) is 6.45. The maximum absolute atomic E-state index is 13.9. The van der Waals surface area contributed by atoms with Gasteiger partial charge in [0.1, 0.15) is 5.82 Å². The van der Waals surface area contributed by atoms with Crippen molar-refractivity contribution in [3.05, 3.63) is 53.0 Å². The molecule has 1 N–H and O–H groups in total. The second kappa shape index (κ2) is 10.4. The number of aromatic nitrogens is 2. The third-order valence-electron chi connectivity index (χ3n) is 5.35. The Bertz CT molecular complexity index is 1180. The highest BCUT2D eigenvalue weighted by molar-refractivity contribution is 7.98. The quantitative estimate of drug-likeness (QED) is 0.462. The lowest BCUT2D eigenvalue weighted by atomic mass is 10.1. The van der Waals surface area contributed by atoms with Crippen molar-refractivity contribution in [2.75, 3.05) is 19.8 Å². The van der Waals surface area contributed by atoms with Crippen molar-refractivity contribution in [3.8, 4) is 28.5 Å². The van der Waals surface area contributed by atoms with Gasteiger partial charge in [-0.15, -0.1) is 11.8 Å². The molecule has 2 aromatic carbocycles. The van der Waals surface area contributed by atoms with Crippen LogP contribution in [-0.2, 0) is 19.3 Å². The summed E-state index contributed by atoms with van der Waals surface area (Å²) in [5.74, 6) is 1.70. The summed E-state index contributed by atoms with van der Waals surface area (Å²) in [5, 5.41) is 7.42. The van der Waals surface area contributed by atoms with Crippen molar-refractivity contribution in [3.63, 3.8) is 0 Å². The molecule has 1 aliphatic rings. The predicted octanol–water partition coefficient (Wildman–Crippen LogP) is 4.96. The lowest BCUT2D eigenvalue weighted by Crippen LogP contribution is -2.24. The Hall–Kier alpha value is -3.20. The summed E-state index contributed by atoms with van der Waals surface area (Å²) in [6, 6.07) is 8.40. The van der Waals surface area contributed by atoms with E-state index in [2.05, 4.69) is 10.4 Å². The van der Waals surface area contributed by atoms with E-state index in [1.165, 1.54) is 12.1 Å². The molecule has 34 heavy (non-hydrogen) atoms. The molecular formula is C25H28FN3O4S. The van der Waals surface area contributed by atoms with E-state index in [9.17, 15) is 9.18 Å². The molecule has 0 radical (unpaired) electrons. The number of thioether (sulfide) groups is 1. The van der Waals surface area contributed by atoms with E-state index in [0.717, 1.165) is 27.3 Å². The van der Waals surface area contributed by atoms with Crippen LogP contribution in [0.3, 0.4) is 0 Å². The van der Waals surface area contributed by atoms with Crippen LogP contribution in [0.5, 0.6) is 17.2 Å². The molecule has 0 atom stereocenters. The van der Waals surface area contributed by atoms with E-state index < -0.39 is 0 Å². The fourth-order valence-corrected chi connectivity index (χ4v) is 5.05. The Labute approximate surface area is 202 Å². The van der Waals surface area contributed by atoms with Gasteiger partial charge < -0.3 is 19.5 Å². The lowest BCUT2D eigenvalue weighted by molar-refractivity contribution is 0.0944. The number of carbonyl (C=O) groups excluding carboxylic acids is 1. The minimum atomic E-state index is -0.315. The maximum Gasteiger partial charge on any atom is 0.272 e. The van der Waals surface area contributed by atoms with Crippen LogP contribution in [-0.4, -0.2) is 35.5 Å². The lowest BCUT2D eigenvalue weighted by Gasteiger charge is -2.18. The average Bonchev–Trinajstić information content (AvgIpc) is 3.17. The number of amides is 1. The van der Waals surface area contributed by atoms with Crippen LogP contribution in [0.15, 0.2) is 35.2 Å². The molecule has 180 valence electrons. The number of benzene rings is 2. The number of ether oxygens (including phenoxy) is 3. The number of hydrogen-bond acceptors (Lipinski definition) is 6. The highest BCUT2D eigenvalue weighted by Crippen LogP contribution is 2.43. The number of fused-ring (bicyclic) bond motifs is 3. The zero-order valence-corrected chi connectivity index (χ0v) is 20.6. The molecule has 0 aliphatic carbocycles. The van der Waals surface area contributed by atoms with E-state index >= 15 is 0 Å². The van der Waals surface area contributed by atoms with Crippen LogP contribution in [0.4, 0.5) is 4.39 Å². The topological polar surface area (TPSA) is 74.6 Å². The summed E-state index contributed by atoms with van der Waals surface area (Å²) in [6.07, 6.45) is 0. The van der Waals surface area contributed by atoms with E-state index in [1.54, 1.807) is 29.6 Å². The van der Waals surface area contributed by atoms with Crippen LogP contribution < -0.4 is 19.5 Å². The highest BCUT2D eigenvalue weighted by Gasteiger charge is 2.28. The van der Waals surface area contributed by atoms with Gasteiger partial charge in [-0.3, -0.25) is 9.48 Å². The molecule has 1 aliphatic heterocycles. The van der Waals surface area contributed by atoms with Crippen LogP contribution in [0.2, 0.25) is 0 Å². The minimum absolute atomic E-state index is 0.259. The molecule has 0 saturated carbocycles. The van der Waals surface area contributed by atoms with Crippen molar-refractivity contribution < 1.29 is 23.4 Å². The Balaban J connectivity index is 1.59. The molecule has 1 aromatic heterocycles. The van der Waals surface area contributed by atoms with Gasteiger partial charge >= 0.3 is 0 Å². The van der Waals surface area contributed by atoms with Gasteiger partial charge in [0.25, 0.3) is 5.91 Å². The Morgan fingerprint density at radius 1 is 1.09 bits per heavy atom. The maximum atomic E-state index is 13.9. The molecule has 0 unspecified atom stereocenters. The SMILES string of the molecule is CCOc1cc(CNC(=O)c2nn(C)c3c2CSc2ccc(F)cc2-3)cc(OCC)c1OCC. The summed E-state index contributed by atoms with van der Waals surface area (Å²) in [5.41, 5.74) is 3.50. The van der Waals surface area contributed by atoms with Crippen molar-refractivity contribution >= 4 is 17.7 Å². The third kappa shape index (κ3) is 4.70. The fourth-order valence-electron chi connectivity index (χ4n) is 4.00. The Morgan fingerprint density at radius 3 is 2.41 bits per heavy atom. The van der Waals surface area contributed by atoms with Gasteiger partial charge in [-0.1, -0.05) is 0 Å². The molecule has 0 saturated heterocycles. The summed E-state index contributed by atoms with van der Waals surface area (Å²) >= 11 is 1.57. The number of aryl methyl sites for hydroxylation is 1. The molecule has 9 heteroatoms. The summed E-state index contributed by atoms with van der Waals surface area (Å²) in [4.78, 5) is 14.1. The van der Waals surface area contributed by atoms with Crippen LogP contribution in [0.1, 0.15) is 42.4 Å². The molecule has 0 bridgehead atoms. The molecule has 0 spiro atoms. The normalized spacial score (nSPS) is 12.0. The van der Waals surface area contributed by atoms with E-state index in [-0.39, 0.29) is 18.3 Å². The number of hydrogen-bond donors (Lipinski definition) is 1. The first-order chi connectivity index (χ1) is 16.5. The summed E-state index contributed by atoms with van der Waals surface area (Å²) < 4.78 is 32.8. The largest absolute Gasteiger partial charge is 0.490 e. The first-order valence-electron chi connectivity index (χ1n) is 11.3. The Kier molecular flexibility index (Phi) is 7.31. The zero-order valence-electron chi connectivity index (χ0n) is 19.7. The van der Waals surface area contributed by atoms with Gasteiger partial charge in [-0.2, -0.15) is 5.10 Å². The van der Waals surface area contributed by atoms with Crippen molar-refractivity contribution in [2.24, 2.45) is 7.05 Å². The highest BCUT2D eigenvalue weighted by atomic mass is 32.2. The molecule has 4 rings (SSSR count). The van der Waals surface area contributed by atoms with Gasteiger partial charge in [0.05, 0.1) is 25.5 Å². The van der Waals surface area contributed by atoms with E-state index in [4.69, 9.17) is 14.2 Å². The fraction of sp³-hybridized carbons (Fsp3) is 0.360. The molecule has 3 aromatic rings. The van der Waals surface area contributed by atoms with Crippen molar-refractivity contribution in [2.45, 2.75) is 38.0 Å². The summed E-state index contributed by atoms with van der Waals surface area (Å²) in [6.45, 7) is 7.38. The van der Waals surface area contributed by atoms with Crippen LogP contribution >= 0.6 is 11.8 Å². The van der Waals surface area contributed by atoms with Gasteiger partial charge in [0, 0.05) is 35.4 Å². The molecule has 7 nitrogen and oxygen atoms in total. The number of nitrogens with one attached hydrogen (secondary N) is 1. The first-order valence-corrected chi connectivity index (χ1v) is 12.3. The van der Waals surface area contributed by atoms with Crippen LogP contribution in [0, 0.1) is 5.82 Å². The van der Waals surface area contributed by atoms with Gasteiger partial charge in [-0.05, 0) is 56.7 Å². The van der Waals surface area contributed by atoms with Gasteiger partial charge in [-0.25, -0.2) is 4.39 Å². The number of rotatable bonds is 9. The van der Waals surface area contributed by atoms with E-state index in [0.29, 0.717) is 48.5 Å². The molecule has 2 heterocycles. The zero-order chi connectivity index (χ0) is 24.2. The smallest absolute Gasteiger partial charge is 0.272 e. The minimum Gasteiger partial charge on any atom is -0.490 e. The number of carbonyl (C=O) groups is 1. The average molecular weight is 486 g/mol. The van der Waals surface area contributed by atoms with Crippen molar-refractivity contribution in [1.82, 2.24) is 15.1 Å². The number of nitrogens with zero attached hydrogens (tertiary/aromatic N) is 2. The first kappa shape index (κ1) is 23.9. The molecule has 0 fully saturated rings. The molecule has 1 amide bonds. The molecular weight excluding hydrogens is 457 g/mol. The number of halogens is 1. The standard InChI is InChI=1S/C25H28FN3O4S/c1-5-31-19-10-15(11-20(32-6-2)24(19)33-7-3)13-27-25(30)22-18-14-34-21-9-8-16(26)12-17(21)23(18)29(4)28-22/h8-12H,5-7,13-14H2,1-4H3,(H,27,30). The second-order valence-electron chi connectivity index (χ2n) is 7.63. The summed E-state index contributed by atoms with van der Waals surface area (Å²) in [7, 11) is 1.77. The second-order valence-corrected chi connectivity index (χ2v) is 8.65. The van der Waals surface area contributed by atoms with Gasteiger partial charge in [0.15, 0.2) is 17.2 Å². The van der Waals surface area contributed by atoms with Gasteiger partial charge in [0.2, 0.25) is 5.75 Å². The Morgan fingerprint density at radius 2 is 1.76 bits per heavy atom. The van der Waals surface area contributed by atoms with E-state index in [1.807, 2.05) is 32.9 Å². The van der Waals surface area contributed by atoms with Crippen LogP contribution in [0.25, 0.3) is 11.3 Å². The monoisotopic (exact) mass is 485 g/mol. The van der Waals surface area contributed by atoms with Crippen molar-refractivity contribution in [1.29, 1.82) is 0 Å². The predicted molar refractivity (Wildman–Crippen MR) is 129 cm³/mol.